The Balaban J connectivity index is 0.00000392. The first-order valence-electron chi connectivity index (χ1n) is 9.14. The number of aliphatic imine (C=N–C) groups is 1. The van der Waals surface area contributed by atoms with Gasteiger partial charge in [0.1, 0.15) is 5.75 Å². The predicted molar refractivity (Wildman–Crippen MR) is 125 cm³/mol. The van der Waals surface area contributed by atoms with Gasteiger partial charge in [0, 0.05) is 37.8 Å². The standard InChI is InChI=1S/C21H28N4O2.HI/c1-4-27-19-14-16(2)10-11-18(19)15-25-21(22-3)24-13-12-23-20(26)17-8-6-5-7-9-17;/h5-11,14H,4,12-13,15H2,1-3H3,(H,23,26)(H2,22,24,25);1H. The van der Waals surface area contributed by atoms with E-state index in [-0.39, 0.29) is 29.9 Å². The summed E-state index contributed by atoms with van der Waals surface area (Å²) in [5.74, 6) is 1.48. The lowest BCUT2D eigenvalue weighted by atomic mass is 10.1. The number of nitrogens with zero attached hydrogens (tertiary/aromatic N) is 1. The zero-order valence-corrected chi connectivity index (χ0v) is 18.9. The summed E-state index contributed by atoms with van der Waals surface area (Å²) < 4.78 is 5.70. The van der Waals surface area contributed by atoms with Gasteiger partial charge in [0.25, 0.3) is 5.91 Å². The average Bonchev–Trinajstić information content (AvgIpc) is 2.69. The lowest BCUT2D eigenvalue weighted by Gasteiger charge is -2.15. The van der Waals surface area contributed by atoms with Crippen LogP contribution in [0.15, 0.2) is 53.5 Å². The molecule has 0 aliphatic rings. The van der Waals surface area contributed by atoms with Crippen molar-refractivity contribution in [2.45, 2.75) is 20.4 Å². The topological polar surface area (TPSA) is 74.8 Å². The minimum atomic E-state index is -0.0821. The molecule has 2 aromatic rings. The van der Waals surface area contributed by atoms with Crippen molar-refractivity contribution in [2.24, 2.45) is 4.99 Å². The third kappa shape index (κ3) is 7.75. The number of guanidine groups is 1. The number of hydrogen-bond donors (Lipinski definition) is 3. The molecule has 0 heterocycles. The Morgan fingerprint density at radius 3 is 2.43 bits per heavy atom. The number of carbonyl (C=O) groups is 1. The van der Waals surface area contributed by atoms with E-state index in [1.165, 1.54) is 5.56 Å². The second-order valence-electron chi connectivity index (χ2n) is 6.02. The maximum absolute atomic E-state index is 12.0. The molecule has 2 rings (SSSR count). The van der Waals surface area contributed by atoms with Gasteiger partial charge in [0.05, 0.1) is 6.61 Å². The molecular weight excluding hydrogens is 467 g/mol. The first-order valence-corrected chi connectivity index (χ1v) is 9.14. The normalized spacial score (nSPS) is 10.6. The van der Waals surface area contributed by atoms with Crippen LogP contribution < -0.4 is 20.7 Å². The molecule has 0 bridgehead atoms. The molecule has 7 heteroatoms. The van der Waals surface area contributed by atoms with Crippen LogP contribution in [0.5, 0.6) is 5.75 Å². The third-order valence-electron chi connectivity index (χ3n) is 3.93. The summed E-state index contributed by atoms with van der Waals surface area (Å²) in [6, 6.07) is 15.3. The Morgan fingerprint density at radius 1 is 1.04 bits per heavy atom. The van der Waals surface area contributed by atoms with Crippen LogP contribution in [0.3, 0.4) is 0 Å². The van der Waals surface area contributed by atoms with Crippen molar-refractivity contribution in [3.05, 3.63) is 65.2 Å². The van der Waals surface area contributed by atoms with Crippen LogP contribution in [-0.2, 0) is 6.54 Å². The Kier molecular flexibility index (Phi) is 11.0. The molecule has 28 heavy (non-hydrogen) atoms. The summed E-state index contributed by atoms with van der Waals surface area (Å²) in [5.41, 5.74) is 2.89. The van der Waals surface area contributed by atoms with Crippen LogP contribution in [0.1, 0.15) is 28.4 Å². The highest BCUT2D eigenvalue weighted by molar-refractivity contribution is 14.0. The second-order valence-corrected chi connectivity index (χ2v) is 6.02. The smallest absolute Gasteiger partial charge is 0.251 e. The molecule has 0 unspecified atom stereocenters. The van der Waals surface area contributed by atoms with Crippen molar-refractivity contribution < 1.29 is 9.53 Å². The molecule has 0 aromatic heterocycles. The molecule has 0 spiro atoms. The Morgan fingerprint density at radius 2 is 1.75 bits per heavy atom. The largest absolute Gasteiger partial charge is 0.494 e. The Labute approximate surface area is 184 Å². The van der Waals surface area contributed by atoms with Crippen LogP contribution in [-0.4, -0.2) is 38.6 Å². The third-order valence-corrected chi connectivity index (χ3v) is 3.93. The minimum Gasteiger partial charge on any atom is -0.494 e. The van der Waals surface area contributed by atoms with Crippen LogP contribution >= 0.6 is 24.0 Å². The van der Waals surface area contributed by atoms with E-state index in [0.29, 0.717) is 37.8 Å². The van der Waals surface area contributed by atoms with Crippen molar-refractivity contribution in [3.8, 4) is 5.75 Å². The van der Waals surface area contributed by atoms with E-state index in [2.05, 4.69) is 33.1 Å². The van der Waals surface area contributed by atoms with Gasteiger partial charge in [0.2, 0.25) is 0 Å². The number of nitrogens with one attached hydrogen (secondary N) is 3. The quantitative estimate of drug-likeness (QED) is 0.227. The van der Waals surface area contributed by atoms with E-state index in [4.69, 9.17) is 4.74 Å². The summed E-state index contributed by atoms with van der Waals surface area (Å²) in [6.07, 6.45) is 0. The molecule has 6 nitrogen and oxygen atoms in total. The SMILES string of the molecule is CCOc1cc(C)ccc1CNC(=NC)NCCNC(=O)c1ccccc1.I. The van der Waals surface area contributed by atoms with Crippen LogP contribution in [0.4, 0.5) is 0 Å². The van der Waals surface area contributed by atoms with Gasteiger partial charge in [-0.25, -0.2) is 0 Å². The van der Waals surface area contributed by atoms with E-state index < -0.39 is 0 Å². The number of carbonyl (C=O) groups excluding carboxylic acids is 1. The van der Waals surface area contributed by atoms with Crippen molar-refractivity contribution >= 4 is 35.8 Å². The highest BCUT2D eigenvalue weighted by Crippen LogP contribution is 2.20. The lowest BCUT2D eigenvalue weighted by Crippen LogP contribution is -2.41. The van der Waals surface area contributed by atoms with Crippen LogP contribution in [0.25, 0.3) is 0 Å². The number of aryl methyl sites for hydroxylation is 1. The Hall–Kier alpha value is -2.29. The lowest BCUT2D eigenvalue weighted by molar-refractivity contribution is 0.0954. The number of amides is 1. The van der Waals surface area contributed by atoms with E-state index in [0.717, 1.165) is 11.3 Å². The molecule has 1 amide bonds. The fraction of sp³-hybridized carbons (Fsp3) is 0.333. The van der Waals surface area contributed by atoms with Gasteiger partial charge in [0.15, 0.2) is 5.96 Å². The van der Waals surface area contributed by atoms with Gasteiger partial charge >= 0.3 is 0 Å². The fourth-order valence-electron chi connectivity index (χ4n) is 2.55. The zero-order valence-electron chi connectivity index (χ0n) is 16.6. The number of halogens is 1. The second kappa shape index (κ2) is 13.0. The first kappa shape index (κ1) is 23.7. The maximum Gasteiger partial charge on any atom is 0.251 e. The molecule has 3 N–H and O–H groups in total. The molecule has 0 aliphatic heterocycles. The summed E-state index contributed by atoms with van der Waals surface area (Å²) in [6.45, 7) is 6.33. The number of rotatable bonds is 8. The van der Waals surface area contributed by atoms with E-state index in [9.17, 15) is 4.79 Å². The summed E-state index contributed by atoms with van der Waals surface area (Å²) in [5, 5.41) is 9.34. The minimum absolute atomic E-state index is 0. The fourth-order valence-corrected chi connectivity index (χ4v) is 2.55. The van der Waals surface area contributed by atoms with Gasteiger partial charge in [-0.2, -0.15) is 0 Å². The van der Waals surface area contributed by atoms with Crippen LogP contribution in [0, 0.1) is 6.92 Å². The molecule has 0 saturated heterocycles. The molecule has 152 valence electrons. The van der Waals surface area contributed by atoms with Gasteiger partial charge < -0.3 is 20.7 Å². The molecule has 0 saturated carbocycles. The average molecular weight is 496 g/mol. The predicted octanol–water partition coefficient (Wildman–Crippen LogP) is 3.11. The molecular formula is C21H29IN4O2. The van der Waals surface area contributed by atoms with Gasteiger partial charge in [-0.1, -0.05) is 30.3 Å². The summed E-state index contributed by atoms with van der Waals surface area (Å²) in [7, 11) is 1.72. The summed E-state index contributed by atoms with van der Waals surface area (Å²) >= 11 is 0. The molecule has 2 aromatic carbocycles. The van der Waals surface area contributed by atoms with Gasteiger partial charge in [-0.15, -0.1) is 24.0 Å². The van der Waals surface area contributed by atoms with Crippen molar-refractivity contribution in [1.82, 2.24) is 16.0 Å². The Bertz CT molecular complexity index is 766. The first-order chi connectivity index (χ1) is 13.1. The zero-order chi connectivity index (χ0) is 19.5. The summed E-state index contributed by atoms with van der Waals surface area (Å²) in [4.78, 5) is 16.2. The van der Waals surface area contributed by atoms with Crippen molar-refractivity contribution in [3.63, 3.8) is 0 Å². The monoisotopic (exact) mass is 496 g/mol. The van der Waals surface area contributed by atoms with Crippen LogP contribution in [0.2, 0.25) is 0 Å². The van der Waals surface area contributed by atoms with E-state index >= 15 is 0 Å². The van der Waals surface area contributed by atoms with Gasteiger partial charge in [-0.3, -0.25) is 9.79 Å². The van der Waals surface area contributed by atoms with Crippen molar-refractivity contribution in [1.29, 1.82) is 0 Å². The molecule has 0 aliphatic carbocycles. The number of hydrogen-bond acceptors (Lipinski definition) is 3. The molecule has 0 fully saturated rings. The maximum atomic E-state index is 12.0. The number of ether oxygens (including phenoxy) is 1. The van der Waals surface area contributed by atoms with Gasteiger partial charge in [-0.05, 0) is 37.6 Å². The van der Waals surface area contributed by atoms with Crippen molar-refractivity contribution in [2.75, 3.05) is 26.7 Å². The molecule has 0 radical (unpaired) electrons. The van der Waals surface area contributed by atoms with E-state index in [1.807, 2.05) is 38.1 Å². The number of benzene rings is 2. The molecule has 0 atom stereocenters. The highest BCUT2D eigenvalue weighted by Gasteiger charge is 2.06. The highest BCUT2D eigenvalue weighted by atomic mass is 127. The van der Waals surface area contributed by atoms with E-state index in [1.54, 1.807) is 19.2 Å².